The SMILES string of the molecule is O=C(N1CCN(c2ccc(F)cc2)CC1)N1CCC(C(=O)O)(c2ccccc2)CC1. The molecule has 0 radical (unpaired) electrons. The summed E-state index contributed by atoms with van der Waals surface area (Å²) in [6.45, 7) is 3.42. The summed E-state index contributed by atoms with van der Waals surface area (Å²) in [6.07, 6.45) is 0.821. The summed E-state index contributed by atoms with van der Waals surface area (Å²) >= 11 is 0. The van der Waals surface area contributed by atoms with Gasteiger partial charge in [0.25, 0.3) is 0 Å². The number of anilines is 1. The molecule has 30 heavy (non-hydrogen) atoms. The van der Waals surface area contributed by atoms with Crippen molar-refractivity contribution in [1.82, 2.24) is 9.80 Å². The summed E-state index contributed by atoms with van der Waals surface area (Å²) in [4.78, 5) is 30.8. The highest BCUT2D eigenvalue weighted by atomic mass is 19.1. The van der Waals surface area contributed by atoms with Crippen LogP contribution in [0.25, 0.3) is 0 Å². The number of carboxylic acids is 1. The average Bonchev–Trinajstić information content (AvgIpc) is 2.80. The molecule has 0 spiro atoms. The lowest BCUT2D eigenvalue weighted by Crippen LogP contribution is -2.56. The van der Waals surface area contributed by atoms with E-state index in [2.05, 4.69) is 4.90 Å². The Morgan fingerprint density at radius 3 is 1.93 bits per heavy atom. The first-order chi connectivity index (χ1) is 14.5. The number of urea groups is 1. The van der Waals surface area contributed by atoms with Crippen LogP contribution in [-0.4, -0.2) is 66.2 Å². The van der Waals surface area contributed by atoms with Gasteiger partial charge in [0.05, 0.1) is 5.41 Å². The van der Waals surface area contributed by atoms with Gasteiger partial charge >= 0.3 is 12.0 Å². The summed E-state index contributed by atoms with van der Waals surface area (Å²) in [5.41, 5.74) is 0.826. The number of nitrogens with zero attached hydrogens (tertiary/aromatic N) is 3. The predicted octanol–water partition coefficient (Wildman–Crippen LogP) is 3.19. The van der Waals surface area contributed by atoms with E-state index in [0.717, 1.165) is 11.3 Å². The van der Waals surface area contributed by atoms with Crippen LogP contribution in [0.1, 0.15) is 18.4 Å². The molecule has 4 rings (SSSR count). The van der Waals surface area contributed by atoms with Gasteiger partial charge in [-0.3, -0.25) is 4.79 Å². The Morgan fingerprint density at radius 1 is 0.800 bits per heavy atom. The fourth-order valence-electron chi connectivity index (χ4n) is 4.47. The molecule has 0 saturated carbocycles. The number of halogens is 1. The number of piperazine rings is 1. The molecule has 2 amide bonds. The Bertz CT molecular complexity index is 888. The molecule has 0 aromatic heterocycles. The third-order valence-corrected chi connectivity index (χ3v) is 6.37. The Balaban J connectivity index is 1.36. The van der Waals surface area contributed by atoms with Crippen molar-refractivity contribution in [1.29, 1.82) is 0 Å². The van der Waals surface area contributed by atoms with E-state index in [-0.39, 0.29) is 11.8 Å². The molecular weight excluding hydrogens is 385 g/mol. The molecule has 7 heteroatoms. The largest absolute Gasteiger partial charge is 0.481 e. The third kappa shape index (κ3) is 3.84. The monoisotopic (exact) mass is 411 g/mol. The van der Waals surface area contributed by atoms with Gasteiger partial charge in [0, 0.05) is 45.0 Å². The van der Waals surface area contributed by atoms with Gasteiger partial charge in [-0.15, -0.1) is 0 Å². The normalized spacial score (nSPS) is 18.9. The van der Waals surface area contributed by atoms with Crippen LogP contribution in [0.5, 0.6) is 0 Å². The number of likely N-dealkylation sites (tertiary alicyclic amines) is 1. The van der Waals surface area contributed by atoms with Crippen LogP contribution in [0.15, 0.2) is 54.6 Å². The minimum absolute atomic E-state index is 0.0270. The molecule has 2 aliphatic heterocycles. The molecule has 2 saturated heterocycles. The minimum atomic E-state index is -0.931. The van der Waals surface area contributed by atoms with Crippen LogP contribution in [-0.2, 0) is 10.2 Å². The van der Waals surface area contributed by atoms with Gasteiger partial charge in [0.15, 0.2) is 0 Å². The molecule has 158 valence electrons. The van der Waals surface area contributed by atoms with E-state index in [9.17, 15) is 19.1 Å². The van der Waals surface area contributed by atoms with Crippen molar-refractivity contribution in [2.45, 2.75) is 18.3 Å². The van der Waals surface area contributed by atoms with Crippen molar-refractivity contribution in [3.63, 3.8) is 0 Å². The molecule has 0 unspecified atom stereocenters. The summed E-state index contributed by atoms with van der Waals surface area (Å²) < 4.78 is 13.1. The van der Waals surface area contributed by atoms with Crippen molar-refractivity contribution in [3.05, 3.63) is 66.0 Å². The fourth-order valence-corrected chi connectivity index (χ4v) is 4.47. The zero-order chi connectivity index (χ0) is 21.1. The number of benzene rings is 2. The Morgan fingerprint density at radius 2 is 1.37 bits per heavy atom. The van der Waals surface area contributed by atoms with Crippen LogP contribution in [0.4, 0.5) is 14.9 Å². The van der Waals surface area contributed by atoms with E-state index in [1.807, 2.05) is 35.2 Å². The maximum absolute atomic E-state index is 13.1. The Kier molecular flexibility index (Phi) is 5.61. The van der Waals surface area contributed by atoms with Gasteiger partial charge in [-0.25, -0.2) is 9.18 Å². The van der Waals surface area contributed by atoms with Gasteiger partial charge in [-0.05, 0) is 42.7 Å². The maximum atomic E-state index is 13.1. The van der Waals surface area contributed by atoms with Gasteiger partial charge in [-0.2, -0.15) is 0 Å². The molecule has 0 atom stereocenters. The lowest BCUT2D eigenvalue weighted by molar-refractivity contribution is -0.145. The molecule has 1 N–H and O–H groups in total. The predicted molar refractivity (Wildman–Crippen MR) is 112 cm³/mol. The highest BCUT2D eigenvalue weighted by molar-refractivity contribution is 5.82. The lowest BCUT2D eigenvalue weighted by atomic mass is 9.73. The first-order valence-electron chi connectivity index (χ1n) is 10.3. The highest BCUT2D eigenvalue weighted by Gasteiger charge is 2.44. The second-order valence-corrected chi connectivity index (χ2v) is 7.97. The Hall–Kier alpha value is -3.09. The molecular formula is C23H26FN3O3. The molecule has 2 aromatic rings. The number of aliphatic carboxylic acids is 1. The van der Waals surface area contributed by atoms with Crippen LogP contribution >= 0.6 is 0 Å². The molecule has 2 fully saturated rings. The van der Waals surface area contributed by atoms with Gasteiger partial charge in [-0.1, -0.05) is 30.3 Å². The number of carbonyl (C=O) groups is 2. The quantitative estimate of drug-likeness (QED) is 0.843. The van der Waals surface area contributed by atoms with E-state index in [0.29, 0.717) is 52.1 Å². The van der Waals surface area contributed by atoms with Crippen molar-refractivity contribution >= 4 is 17.7 Å². The molecule has 2 heterocycles. The molecule has 2 aliphatic rings. The number of amides is 2. The smallest absolute Gasteiger partial charge is 0.320 e. The fraction of sp³-hybridized carbons (Fsp3) is 0.391. The van der Waals surface area contributed by atoms with Gasteiger partial charge in [0.1, 0.15) is 5.82 Å². The zero-order valence-corrected chi connectivity index (χ0v) is 16.8. The number of hydrogen-bond acceptors (Lipinski definition) is 3. The maximum Gasteiger partial charge on any atom is 0.320 e. The number of piperidine rings is 1. The average molecular weight is 411 g/mol. The van der Waals surface area contributed by atoms with Gasteiger partial charge < -0.3 is 19.8 Å². The first-order valence-corrected chi connectivity index (χ1v) is 10.3. The van der Waals surface area contributed by atoms with Crippen LogP contribution in [0.3, 0.4) is 0 Å². The summed E-state index contributed by atoms with van der Waals surface area (Å²) in [5, 5.41) is 9.93. The standard InChI is InChI=1S/C23H26FN3O3/c24-19-6-8-20(9-7-19)25-14-16-27(17-15-25)22(30)26-12-10-23(11-13-26,21(28)29)18-4-2-1-3-5-18/h1-9H,10-17H2,(H,28,29). The number of carbonyl (C=O) groups excluding carboxylic acids is 1. The van der Waals surface area contributed by atoms with E-state index in [1.54, 1.807) is 17.0 Å². The van der Waals surface area contributed by atoms with Crippen molar-refractivity contribution < 1.29 is 19.1 Å². The van der Waals surface area contributed by atoms with Crippen molar-refractivity contribution in [3.8, 4) is 0 Å². The number of rotatable bonds is 3. The number of hydrogen-bond donors (Lipinski definition) is 1. The molecule has 0 bridgehead atoms. The second-order valence-electron chi connectivity index (χ2n) is 7.97. The van der Waals surface area contributed by atoms with Crippen molar-refractivity contribution in [2.24, 2.45) is 0 Å². The van der Waals surface area contributed by atoms with E-state index < -0.39 is 11.4 Å². The minimum Gasteiger partial charge on any atom is -0.481 e. The highest BCUT2D eigenvalue weighted by Crippen LogP contribution is 2.36. The summed E-state index contributed by atoms with van der Waals surface area (Å²) in [5.74, 6) is -1.08. The van der Waals surface area contributed by atoms with Gasteiger partial charge in [0.2, 0.25) is 0 Å². The molecule has 6 nitrogen and oxygen atoms in total. The van der Waals surface area contributed by atoms with Crippen LogP contribution in [0.2, 0.25) is 0 Å². The second kappa shape index (κ2) is 8.34. The van der Waals surface area contributed by atoms with Crippen molar-refractivity contribution in [2.75, 3.05) is 44.2 Å². The Labute approximate surface area is 175 Å². The first kappa shape index (κ1) is 20.2. The summed E-state index contributed by atoms with van der Waals surface area (Å²) in [7, 11) is 0. The van der Waals surface area contributed by atoms with E-state index in [1.165, 1.54) is 12.1 Å². The molecule has 2 aromatic carbocycles. The third-order valence-electron chi connectivity index (χ3n) is 6.37. The summed E-state index contributed by atoms with van der Waals surface area (Å²) in [6, 6.07) is 15.7. The molecule has 0 aliphatic carbocycles. The van der Waals surface area contributed by atoms with E-state index >= 15 is 0 Å². The number of carboxylic acid groups (broad SMARTS) is 1. The van der Waals surface area contributed by atoms with Crippen LogP contribution in [0, 0.1) is 5.82 Å². The van der Waals surface area contributed by atoms with E-state index in [4.69, 9.17) is 0 Å². The zero-order valence-electron chi connectivity index (χ0n) is 16.8. The van der Waals surface area contributed by atoms with Crippen LogP contribution < -0.4 is 4.90 Å². The lowest BCUT2D eigenvalue weighted by Gasteiger charge is -2.43. The topological polar surface area (TPSA) is 64.1 Å².